The molecule has 10 heteroatoms. The normalized spacial score (nSPS) is 17.7. The highest BCUT2D eigenvalue weighted by Gasteiger charge is 2.23. The average Bonchev–Trinajstić information content (AvgIpc) is 3.18. The van der Waals surface area contributed by atoms with E-state index in [2.05, 4.69) is 25.2 Å². The van der Waals surface area contributed by atoms with Crippen LogP contribution in [0.25, 0.3) is 0 Å². The van der Waals surface area contributed by atoms with Crippen LogP contribution in [0.2, 0.25) is 0 Å². The van der Waals surface area contributed by atoms with Crippen LogP contribution < -0.4 is 24.8 Å². The van der Waals surface area contributed by atoms with E-state index in [-0.39, 0.29) is 5.75 Å². The lowest BCUT2D eigenvalue weighted by molar-refractivity contribution is 0.321. The zero-order valence-electron chi connectivity index (χ0n) is 18.4. The Balaban J connectivity index is 1.75. The van der Waals surface area contributed by atoms with Gasteiger partial charge < -0.3 is 20.1 Å². The fourth-order valence-electron chi connectivity index (χ4n) is 3.32. The molecule has 1 aromatic rings. The molecule has 3 N–H and O–H groups in total. The van der Waals surface area contributed by atoms with Crippen molar-refractivity contribution in [1.29, 1.82) is 0 Å². The first-order valence-electron chi connectivity index (χ1n) is 10.3. The number of ether oxygens (including phenoxy) is 2. The van der Waals surface area contributed by atoms with Gasteiger partial charge in [-0.1, -0.05) is 0 Å². The third-order valence-corrected chi connectivity index (χ3v) is 6.41. The summed E-state index contributed by atoms with van der Waals surface area (Å²) in [6.45, 7) is 5.42. The number of benzene rings is 1. The molecule has 0 aromatic heterocycles. The van der Waals surface area contributed by atoms with Crippen molar-refractivity contribution < 1.29 is 17.9 Å². The van der Waals surface area contributed by atoms with Crippen LogP contribution in [0.5, 0.6) is 11.5 Å². The van der Waals surface area contributed by atoms with E-state index in [0.717, 1.165) is 49.1 Å². The zero-order valence-corrected chi connectivity index (χ0v) is 19.2. The second-order valence-corrected chi connectivity index (χ2v) is 9.33. The van der Waals surface area contributed by atoms with Gasteiger partial charge in [-0.25, -0.2) is 13.1 Å². The first kappa shape index (κ1) is 24.2. The molecule has 0 amide bonds. The summed E-state index contributed by atoms with van der Waals surface area (Å²) in [5, 5.41) is 6.70. The molecule has 1 atom stereocenters. The summed E-state index contributed by atoms with van der Waals surface area (Å²) >= 11 is 0. The number of rotatable bonds is 11. The van der Waals surface area contributed by atoms with E-state index in [1.807, 2.05) is 18.2 Å². The van der Waals surface area contributed by atoms with Gasteiger partial charge in [0.1, 0.15) is 11.5 Å². The molecule has 1 fully saturated rings. The van der Waals surface area contributed by atoms with Crippen molar-refractivity contribution in [1.82, 2.24) is 20.3 Å². The number of nitrogens with one attached hydrogen (secondary N) is 3. The lowest BCUT2D eigenvalue weighted by atomic mass is 10.2. The predicted octanol–water partition coefficient (Wildman–Crippen LogP) is 0.773. The van der Waals surface area contributed by atoms with E-state index in [1.165, 1.54) is 0 Å². The molecule has 0 spiro atoms. The Bertz CT molecular complexity index is 778. The van der Waals surface area contributed by atoms with Gasteiger partial charge in [0.05, 0.1) is 20.0 Å². The van der Waals surface area contributed by atoms with Gasteiger partial charge in [-0.2, -0.15) is 0 Å². The molecule has 0 saturated carbocycles. The summed E-state index contributed by atoms with van der Waals surface area (Å²) in [6, 6.07) is 6.26. The van der Waals surface area contributed by atoms with E-state index >= 15 is 0 Å². The molecule has 0 radical (unpaired) electrons. The van der Waals surface area contributed by atoms with Crippen molar-refractivity contribution in [2.75, 3.05) is 53.2 Å². The van der Waals surface area contributed by atoms with E-state index in [0.29, 0.717) is 25.6 Å². The van der Waals surface area contributed by atoms with Crippen molar-refractivity contribution in [3.63, 3.8) is 0 Å². The Labute approximate surface area is 180 Å². The van der Waals surface area contributed by atoms with Gasteiger partial charge in [0.15, 0.2) is 5.96 Å². The third-order valence-electron chi connectivity index (χ3n) is 5.00. The Hall–Kier alpha value is -2.04. The summed E-state index contributed by atoms with van der Waals surface area (Å²) in [6.07, 6.45) is 1.71. The molecule has 170 valence electrons. The lowest BCUT2D eigenvalue weighted by Gasteiger charge is -2.19. The SMILES string of the molecule is CCS(=O)(=O)NCCCNC(=NC)NC1CCN(Cc2cc(OC)cc(OC)c2)C1. The van der Waals surface area contributed by atoms with Crippen molar-refractivity contribution in [2.24, 2.45) is 4.99 Å². The van der Waals surface area contributed by atoms with Gasteiger partial charge in [-0.3, -0.25) is 9.89 Å². The fourth-order valence-corrected chi connectivity index (χ4v) is 3.98. The van der Waals surface area contributed by atoms with Crippen LogP contribution in [0.3, 0.4) is 0 Å². The van der Waals surface area contributed by atoms with Gasteiger partial charge in [0, 0.05) is 51.9 Å². The zero-order chi connectivity index (χ0) is 22.0. The second-order valence-electron chi connectivity index (χ2n) is 7.24. The Morgan fingerprint density at radius 1 is 1.20 bits per heavy atom. The Morgan fingerprint density at radius 3 is 2.50 bits per heavy atom. The van der Waals surface area contributed by atoms with Gasteiger partial charge >= 0.3 is 0 Å². The smallest absolute Gasteiger partial charge is 0.211 e. The summed E-state index contributed by atoms with van der Waals surface area (Å²) in [4.78, 5) is 6.66. The third kappa shape index (κ3) is 8.00. The van der Waals surface area contributed by atoms with Crippen LogP contribution in [0, 0.1) is 0 Å². The first-order valence-corrected chi connectivity index (χ1v) is 11.9. The lowest BCUT2D eigenvalue weighted by Crippen LogP contribution is -2.45. The largest absolute Gasteiger partial charge is 0.497 e. The predicted molar refractivity (Wildman–Crippen MR) is 120 cm³/mol. The van der Waals surface area contributed by atoms with Gasteiger partial charge in [-0.05, 0) is 37.5 Å². The van der Waals surface area contributed by atoms with Crippen LogP contribution in [-0.2, 0) is 16.6 Å². The van der Waals surface area contributed by atoms with E-state index < -0.39 is 10.0 Å². The van der Waals surface area contributed by atoms with Crippen LogP contribution in [0.1, 0.15) is 25.3 Å². The first-order chi connectivity index (χ1) is 14.4. The number of guanidine groups is 1. The van der Waals surface area contributed by atoms with Crippen LogP contribution >= 0.6 is 0 Å². The van der Waals surface area contributed by atoms with Gasteiger partial charge in [0.2, 0.25) is 10.0 Å². The Morgan fingerprint density at radius 2 is 1.90 bits per heavy atom. The minimum absolute atomic E-state index is 0.102. The maximum absolute atomic E-state index is 11.4. The van der Waals surface area contributed by atoms with Crippen molar-refractivity contribution in [2.45, 2.75) is 32.4 Å². The summed E-state index contributed by atoms with van der Waals surface area (Å²) < 4.78 is 36.1. The number of nitrogens with zero attached hydrogens (tertiary/aromatic N) is 2. The molecule has 1 aromatic carbocycles. The second kappa shape index (κ2) is 12.0. The van der Waals surface area contributed by atoms with E-state index in [4.69, 9.17) is 9.47 Å². The monoisotopic (exact) mass is 441 g/mol. The minimum atomic E-state index is -3.13. The minimum Gasteiger partial charge on any atom is -0.497 e. The Kier molecular flexibility index (Phi) is 9.67. The molecule has 1 aliphatic rings. The fraction of sp³-hybridized carbons (Fsp3) is 0.650. The number of methoxy groups -OCH3 is 2. The topological polar surface area (TPSA) is 104 Å². The quantitative estimate of drug-likeness (QED) is 0.265. The van der Waals surface area contributed by atoms with Crippen molar-refractivity contribution >= 4 is 16.0 Å². The van der Waals surface area contributed by atoms with Crippen LogP contribution in [-0.4, -0.2) is 78.5 Å². The molecule has 1 aliphatic heterocycles. The molecule has 9 nitrogen and oxygen atoms in total. The summed E-state index contributed by atoms with van der Waals surface area (Å²) in [5.74, 6) is 2.43. The molecule has 1 saturated heterocycles. The molecule has 30 heavy (non-hydrogen) atoms. The number of sulfonamides is 1. The number of likely N-dealkylation sites (tertiary alicyclic amines) is 1. The molecule has 2 rings (SSSR count). The molecule has 0 aliphatic carbocycles. The molecule has 1 unspecified atom stereocenters. The van der Waals surface area contributed by atoms with Crippen molar-refractivity contribution in [3.05, 3.63) is 23.8 Å². The summed E-state index contributed by atoms with van der Waals surface area (Å²) in [5.41, 5.74) is 1.16. The summed E-state index contributed by atoms with van der Waals surface area (Å²) in [7, 11) is 1.93. The van der Waals surface area contributed by atoms with Gasteiger partial charge in [-0.15, -0.1) is 0 Å². The maximum Gasteiger partial charge on any atom is 0.211 e. The van der Waals surface area contributed by atoms with Crippen molar-refractivity contribution in [3.8, 4) is 11.5 Å². The van der Waals surface area contributed by atoms with Gasteiger partial charge in [0.25, 0.3) is 0 Å². The standard InChI is InChI=1S/C20H35N5O4S/c1-5-30(26,27)23-9-6-8-22-20(21-2)24-17-7-10-25(15-17)14-16-11-18(28-3)13-19(12-16)29-4/h11-13,17,23H,5-10,14-15H2,1-4H3,(H2,21,22,24). The number of hydrogen-bond donors (Lipinski definition) is 3. The highest BCUT2D eigenvalue weighted by Crippen LogP contribution is 2.24. The molecular weight excluding hydrogens is 406 g/mol. The molecular formula is C20H35N5O4S. The highest BCUT2D eigenvalue weighted by atomic mass is 32.2. The van der Waals surface area contributed by atoms with E-state index in [1.54, 1.807) is 28.2 Å². The highest BCUT2D eigenvalue weighted by molar-refractivity contribution is 7.89. The van der Waals surface area contributed by atoms with E-state index in [9.17, 15) is 8.42 Å². The molecule has 1 heterocycles. The number of hydrogen-bond acceptors (Lipinski definition) is 6. The van der Waals surface area contributed by atoms with Crippen LogP contribution in [0.15, 0.2) is 23.2 Å². The average molecular weight is 442 g/mol. The number of aliphatic imine (C=N–C) groups is 1. The van der Waals surface area contributed by atoms with Crippen LogP contribution in [0.4, 0.5) is 0 Å². The molecule has 0 bridgehead atoms. The maximum atomic E-state index is 11.4.